The zero-order chi connectivity index (χ0) is 17.3. The van der Waals surface area contributed by atoms with Crippen LogP contribution in [0.25, 0.3) is 0 Å². The Bertz CT molecular complexity index is 716. The van der Waals surface area contributed by atoms with E-state index in [1.165, 1.54) is 23.8 Å². The van der Waals surface area contributed by atoms with Crippen molar-refractivity contribution in [2.45, 2.75) is 25.3 Å². The minimum Gasteiger partial charge on any atom is -0.395 e. The lowest BCUT2D eigenvalue weighted by Gasteiger charge is -2.14. The van der Waals surface area contributed by atoms with Gasteiger partial charge in [-0.3, -0.25) is 4.72 Å². The highest BCUT2D eigenvalue weighted by atomic mass is 35.5. The fraction of sp³-hybridized carbons (Fsp3) is 0.462. The van der Waals surface area contributed by atoms with Gasteiger partial charge in [0.15, 0.2) is 0 Å². The molecule has 0 radical (unpaired) electrons. The lowest BCUT2D eigenvalue weighted by atomic mass is 10.1. The van der Waals surface area contributed by atoms with E-state index in [0.29, 0.717) is 12.5 Å². The fourth-order valence-electron chi connectivity index (χ4n) is 1.68. The Morgan fingerprint density at radius 1 is 1.43 bits per heavy atom. The number of sulfonamides is 1. The Hall–Kier alpha value is -1.48. The van der Waals surface area contributed by atoms with E-state index < -0.39 is 15.5 Å². The van der Waals surface area contributed by atoms with Crippen LogP contribution in [0.1, 0.15) is 25.3 Å². The number of oxime groups is 1. The van der Waals surface area contributed by atoms with Gasteiger partial charge in [0.1, 0.15) is 6.61 Å². The van der Waals surface area contributed by atoms with Crippen molar-refractivity contribution in [3.63, 3.8) is 0 Å². The van der Waals surface area contributed by atoms with Gasteiger partial charge in [0.25, 0.3) is 0 Å². The van der Waals surface area contributed by atoms with Gasteiger partial charge in [0, 0.05) is 10.6 Å². The molecule has 1 aromatic rings. The van der Waals surface area contributed by atoms with Crippen molar-refractivity contribution < 1.29 is 26.4 Å². The van der Waals surface area contributed by atoms with Crippen LogP contribution >= 0.6 is 11.6 Å². The summed E-state index contributed by atoms with van der Waals surface area (Å²) in [5, 5.41) is 4.04. The number of nitrogens with one attached hydrogen (secondary N) is 1. The van der Waals surface area contributed by atoms with Crippen molar-refractivity contribution in [1.29, 1.82) is 0 Å². The van der Waals surface area contributed by atoms with Crippen LogP contribution in [0, 0.1) is 5.92 Å². The van der Waals surface area contributed by atoms with Gasteiger partial charge in [-0.05, 0) is 43.9 Å². The van der Waals surface area contributed by atoms with E-state index in [9.17, 15) is 21.6 Å². The number of hydrogen-bond acceptors (Lipinski definition) is 4. The number of halogens is 4. The molecule has 1 N–H and O–H groups in total. The first-order valence-corrected chi connectivity index (χ1v) is 8.52. The molecule has 0 bridgehead atoms. The van der Waals surface area contributed by atoms with Crippen molar-refractivity contribution in [3.8, 4) is 0 Å². The summed E-state index contributed by atoms with van der Waals surface area (Å²) in [5.74, 6) is 0.453. The molecule has 23 heavy (non-hydrogen) atoms. The second-order valence-electron chi connectivity index (χ2n) is 5.16. The van der Waals surface area contributed by atoms with Gasteiger partial charge in [-0.25, -0.2) is 0 Å². The minimum absolute atomic E-state index is 0.112. The summed E-state index contributed by atoms with van der Waals surface area (Å²) in [6.45, 7) is 1.91. The van der Waals surface area contributed by atoms with Crippen molar-refractivity contribution >= 4 is 33.0 Å². The van der Waals surface area contributed by atoms with Crippen molar-refractivity contribution in [2.75, 3.05) is 11.3 Å². The summed E-state index contributed by atoms with van der Waals surface area (Å²) in [7, 11) is -5.53. The molecule has 5 nitrogen and oxygen atoms in total. The normalized spacial score (nSPS) is 16.3. The van der Waals surface area contributed by atoms with Gasteiger partial charge < -0.3 is 4.84 Å². The highest BCUT2D eigenvalue weighted by Gasteiger charge is 2.46. The highest BCUT2D eigenvalue weighted by Crippen LogP contribution is 2.30. The largest absolute Gasteiger partial charge is 0.516 e. The van der Waals surface area contributed by atoms with Crippen LogP contribution in [-0.4, -0.2) is 26.2 Å². The van der Waals surface area contributed by atoms with Gasteiger partial charge in [-0.1, -0.05) is 16.8 Å². The Morgan fingerprint density at radius 2 is 2.09 bits per heavy atom. The number of nitrogens with zero attached hydrogens (tertiary/aromatic N) is 1. The number of hydrogen-bond donors (Lipinski definition) is 1. The van der Waals surface area contributed by atoms with Crippen LogP contribution in [0.15, 0.2) is 23.4 Å². The number of rotatable bonds is 6. The molecule has 1 saturated carbocycles. The number of alkyl halides is 3. The van der Waals surface area contributed by atoms with Crippen LogP contribution in [0.4, 0.5) is 18.9 Å². The predicted molar refractivity (Wildman–Crippen MR) is 80.9 cm³/mol. The third-order valence-corrected chi connectivity index (χ3v) is 4.46. The Balaban J connectivity index is 2.26. The zero-order valence-corrected chi connectivity index (χ0v) is 13.6. The molecule has 1 aliphatic rings. The first kappa shape index (κ1) is 17.9. The van der Waals surface area contributed by atoms with E-state index in [1.807, 2.05) is 0 Å². The Labute approximate surface area is 136 Å². The summed E-state index contributed by atoms with van der Waals surface area (Å²) in [5.41, 5.74) is -5.37. The third kappa shape index (κ3) is 4.74. The molecular formula is C13H14ClF3N2O3S. The smallest absolute Gasteiger partial charge is 0.395 e. The molecule has 0 saturated heterocycles. The second kappa shape index (κ2) is 6.56. The lowest BCUT2D eigenvalue weighted by molar-refractivity contribution is -0.0429. The maximum Gasteiger partial charge on any atom is 0.516 e. The average molecular weight is 371 g/mol. The molecule has 0 unspecified atom stereocenters. The maximum atomic E-state index is 12.5. The quantitative estimate of drug-likeness (QED) is 0.612. The molecule has 1 aromatic carbocycles. The molecule has 1 aliphatic carbocycles. The van der Waals surface area contributed by atoms with E-state index in [1.54, 1.807) is 0 Å². The molecule has 0 aliphatic heterocycles. The number of benzene rings is 1. The molecule has 0 spiro atoms. The van der Waals surface area contributed by atoms with E-state index in [4.69, 9.17) is 16.4 Å². The Morgan fingerprint density at radius 3 is 2.65 bits per heavy atom. The molecule has 0 aromatic heterocycles. The average Bonchev–Trinajstić information content (AvgIpc) is 3.23. The van der Waals surface area contributed by atoms with Crippen LogP contribution < -0.4 is 4.72 Å². The van der Waals surface area contributed by atoms with Gasteiger partial charge in [-0.2, -0.15) is 21.6 Å². The van der Waals surface area contributed by atoms with Crippen LogP contribution in [0.2, 0.25) is 5.02 Å². The Kier molecular flexibility index (Phi) is 5.10. The first-order valence-electron chi connectivity index (χ1n) is 6.66. The van der Waals surface area contributed by atoms with E-state index in [-0.39, 0.29) is 22.0 Å². The van der Waals surface area contributed by atoms with Crippen molar-refractivity contribution in [2.24, 2.45) is 11.1 Å². The minimum atomic E-state index is -5.53. The molecule has 10 heteroatoms. The summed E-state index contributed by atoms with van der Waals surface area (Å²) in [6, 6.07) is 3.73. The molecule has 128 valence electrons. The molecule has 0 heterocycles. The van der Waals surface area contributed by atoms with Crippen LogP contribution in [0.3, 0.4) is 0 Å². The summed E-state index contributed by atoms with van der Waals surface area (Å²) < 4.78 is 61.5. The fourth-order valence-corrected chi connectivity index (χ4v) is 2.44. The monoisotopic (exact) mass is 370 g/mol. The second-order valence-corrected chi connectivity index (χ2v) is 7.27. The SMILES string of the molecule is C/C(=N/OCC1CC1)c1cc(Cl)ccc1NS(=O)(=O)C(F)(F)F. The topological polar surface area (TPSA) is 67.8 Å². The summed E-state index contributed by atoms with van der Waals surface area (Å²) in [6.07, 6.45) is 2.12. The van der Waals surface area contributed by atoms with E-state index in [0.717, 1.165) is 18.9 Å². The molecule has 2 rings (SSSR count). The van der Waals surface area contributed by atoms with Gasteiger partial charge in [-0.15, -0.1) is 0 Å². The summed E-state index contributed by atoms with van der Waals surface area (Å²) in [4.78, 5) is 5.11. The van der Waals surface area contributed by atoms with Gasteiger partial charge >= 0.3 is 15.5 Å². The molecule has 0 amide bonds. The van der Waals surface area contributed by atoms with Crippen LogP contribution in [0.5, 0.6) is 0 Å². The molecule has 0 atom stereocenters. The predicted octanol–water partition coefficient (Wildman–Crippen LogP) is 3.75. The van der Waals surface area contributed by atoms with Crippen molar-refractivity contribution in [3.05, 3.63) is 28.8 Å². The number of anilines is 1. The third-order valence-electron chi connectivity index (χ3n) is 3.13. The van der Waals surface area contributed by atoms with Crippen LogP contribution in [-0.2, 0) is 14.9 Å². The summed E-state index contributed by atoms with van der Waals surface area (Å²) >= 11 is 5.82. The standard InChI is InChI=1S/C13H14ClF3N2O3S/c1-8(18-22-7-9-2-3-9)11-6-10(14)4-5-12(11)19-23(20,21)13(15,16)17/h4-6,9,19H,2-3,7H2,1H3/b18-8-. The molecule has 1 fully saturated rings. The van der Waals surface area contributed by atoms with Crippen molar-refractivity contribution in [1.82, 2.24) is 0 Å². The van der Waals surface area contributed by atoms with E-state index >= 15 is 0 Å². The lowest BCUT2D eigenvalue weighted by Crippen LogP contribution is -2.30. The highest BCUT2D eigenvalue weighted by molar-refractivity contribution is 7.93. The maximum absolute atomic E-state index is 12.5. The first-order chi connectivity index (χ1) is 10.6. The zero-order valence-electron chi connectivity index (χ0n) is 12.0. The van der Waals surface area contributed by atoms with Gasteiger partial charge in [0.05, 0.1) is 11.4 Å². The van der Waals surface area contributed by atoms with E-state index in [2.05, 4.69) is 5.16 Å². The molecular weight excluding hydrogens is 357 g/mol. The van der Waals surface area contributed by atoms with Gasteiger partial charge in [0.2, 0.25) is 0 Å².